The lowest BCUT2D eigenvalue weighted by atomic mass is 10.1. The van der Waals surface area contributed by atoms with Crippen molar-refractivity contribution in [2.24, 2.45) is 0 Å². The summed E-state index contributed by atoms with van der Waals surface area (Å²) in [6.07, 6.45) is 5.23. The van der Waals surface area contributed by atoms with Gasteiger partial charge in [-0.25, -0.2) is 4.79 Å². The van der Waals surface area contributed by atoms with Gasteiger partial charge in [0.05, 0.1) is 0 Å². The summed E-state index contributed by atoms with van der Waals surface area (Å²) in [6, 6.07) is 7.85. The monoisotopic (exact) mass is 280 g/mol. The zero-order valence-electron chi connectivity index (χ0n) is 12.3. The zero-order valence-corrected chi connectivity index (χ0v) is 12.3. The fraction of sp³-hybridized carbons (Fsp3) is 0.562. The van der Waals surface area contributed by atoms with Crippen molar-refractivity contribution in [3.05, 3.63) is 29.8 Å². The topological polar surface area (TPSA) is 55.8 Å². The smallest absolute Gasteiger partial charge is 0.329 e. The highest BCUT2D eigenvalue weighted by Crippen LogP contribution is 2.22. The molecule has 1 rings (SSSR count). The molecule has 112 valence electrons. The third kappa shape index (κ3) is 6.57. The van der Waals surface area contributed by atoms with E-state index in [0.717, 1.165) is 24.2 Å². The molecule has 1 aromatic rings. The van der Waals surface area contributed by atoms with Gasteiger partial charge in [-0.05, 0) is 31.4 Å². The number of aryl methyl sites for hydroxylation is 1. The third-order valence-electron chi connectivity index (χ3n) is 3.01. The number of aliphatic carboxylic acids is 1. The SMILES string of the molecule is CCCCCCc1ccccc1OC(C)OCC(=O)O. The lowest BCUT2D eigenvalue weighted by molar-refractivity contribution is -0.151. The average Bonchev–Trinajstić information content (AvgIpc) is 2.43. The highest BCUT2D eigenvalue weighted by atomic mass is 16.7. The van der Waals surface area contributed by atoms with E-state index in [1.165, 1.54) is 19.3 Å². The summed E-state index contributed by atoms with van der Waals surface area (Å²) in [7, 11) is 0. The van der Waals surface area contributed by atoms with Crippen molar-refractivity contribution in [1.82, 2.24) is 0 Å². The van der Waals surface area contributed by atoms with Crippen LogP contribution in [0.15, 0.2) is 24.3 Å². The van der Waals surface area contributed by atoms with Crippen LogP contribution in [0.5, 0.6) is 5.75 Å². The van der Waals surface area contributed by atoms with Crippen molar-refractivity contribution in [2.45, 2.75) is 52.2 Å². The highest BCUT2D eigenvalue weighted by Gasteiger charge is 2.09. The Kier molecular flexibility index (Phi) is 7.73. The standard InChI is InChI=1S/C16H24O4/c1-3-4-5-6-9-14-10-7-8-11-15(14)20-13(2)19-12-16(17)18/h7-8,10-11,13H,3-6,9,12H2,1-2H3,(H,17,18). The molecule has 0 aliphatic heterocycles. The number of carbonyl (C=O) groups is 1. The maximum Gasteiger partial charge on any atom is 0.329 e. The van der Waals surface area contributed by atoms with Crippen LogP contribution in [-0.4, -0.2) is 24.0 Å². The Morgan fingerprint density at radius 1 is 1.25 bits per heavy atom. The second-order valence-electron chi connectivity index (χ2n) is 4.81. The predicted molar refractivity (Wildman–Crippen MR) is 78.0 cm³/mol. The van der Waals surface area contributed by atoms with Crippen LogP contribution in [0.4, 0.5) is 0 Å². The maximum atomic E-state index is 10.4. The van der Waals surface area contributed by atoms with Crippen LogP contribution in [0.2, 0.25) is 0 Å². The fourth-order valence-electron chi connectivity index (χ4n) is 1.97. The van der Waals surface area contributed by atoms with Gasteiger partial charge in [0, 0.05) is 0 Å². The Bertz CT molecular complexity index is 403. The number of carboxylic acids is 1. The lowest BCUT2D eigenvalue weighted by Gasteiger charge is -2.17. The molecule has 1 N–H and O–H groups in total. The minimum atomic E-state index is -0.992. The van der Waals surface area contributed by atoms with Gasteiger partial charge < -0.3 is 14.6 Å². The molecule has 1 aromatic carbocycles. The van der Waals surface area contributed by atoms with E-state index < -0.39 is 12.3 Å². The molecule has 4 heteroatoms. The normalized spacial score (nSPS) is 12.1. The summed E-state index contributed by atoms with van der Waals surface area (Å²) < 4.78 is 10.8. The summed E-state index contributed by atoms with van der Waals surface area (Å²) in [6.45, 7) is 3.55. The highest BCUT2D eigenvalue weighted by molar-refractivity contribution is 5.68. The summed E-state index contributed by atoms with van der Waals surface area (Å²) in [5, 5.41) is 8.57. The van der Waals surface area contributed by atoms with Gasteiger partial charge in [-0.1, -0.05) is 44.4 Å². The van der Waals surface area contributed by atoms with Gasteiger partial charge in [-0.3, -0.25) is 0 Å². The Hall–Kier alpha value is -1.55. The van der Waals surface area contributed by atoms with Crippen molar-refractivity contribution in [3.8, 4) is 5.75 Å². The first-order chi connectivity index (χ1) is 9.63. The number of hydrogen-bond donors (Lipinski definition) is 1. The van der Waals surface area contributed by atoms with Gasteiger partial charge >= 0.3 is 5.97 Å². The number of unbranched alkanes of at least 4 members (excludes halogenated alkanes) is 3. The van der Waals surface area contributed by atoms with E-state index in [4.69, 9.17) is 14.6 Å². The molecule has 0 bridgehead atoms. The Balaban J connectivity index is 2.49. The molecule has 0 heterocycles. The molecule has 0 aromatic heterocycles. The molecule has 0 amide bonds. The van der Waals surface area contributed by atoms with Crippen LogP contribution in [-0.2, 0) is 16.0 Å². The van der Waals surface area contributed by atoms with Crippen LogP contribution in [0, 0.1) is 0 Å². The van der Waals surface area contributed by atoms with E-state index in [1.54, 1.807) is 6.92 Å². The van der Waals surface area contributed by atoms with E-state index in [1.807, 2.05) is 24.3 Å². The number of benzene rings is 1. The van der Waals surface area contributed by atoms with Gasteiger partial charge in [0.2, 0.25) is 0 Å². The first-order valence-corrected chi connectivity index (χ1v) is 7.21. The molecule has 0 aliphatic carbocycles. The molecule has 0 fully saturated rings. The van der Waals surface area contributed by atoms with Gasteiger partial charge in [0.1, 0.15) is 12.4 Å². The van der Waals surface area contributed by atoms with Crippen LogP contribution in [0.1, 0.15) is 45.1 Å². The molecule has 1 unspecified atom stereocenters. The zero-order chi connectivity index (χ0) is 14.8. The summed E-state index contributed by atoms with van der Waals surface area (Å²) in [5.41, 5.74) is 1.15. The van der Waals surface area contributed by atoms with Gasteiger partial charge in [-0.15, -0.1) is 0 Å². The Labute approximate surface area is 120 Å². The molecule has 0 radical (unpaired) electrons. The van der Waals surface area contributed by atoms with Crippen molar-refractivity contribution >= 4 is 5.97 Å². The molecule has 0 saturated heterocycles. The Morgan fingerprint density at radius 3 is 2.70 bits per heavy atom. The lowest BCUT2D eigenvalue weighted by Crippen LogP contribution is -2.21. The van der Waals surface area contributed by atoms with Crippen LogP contribution in [0.25, 0.3) is 0 Å². The molecule has 20 heavy (non-hydrogen) atoms. The second-order valence-corrected chi connectivity index (χ2v) is 4.81. The number of ether oxygens (including phenoxy) is 2. The first kappa shape index (κ1) is 16.5. The van der Waals surface area contributed by atoms with Gasteiger partial charge in [0.15, 0.2) is 6.29 Å². The van der Waals surface area contributed by atoms with Gasteiger partial charge in [-0.2, -0.15) is 0 Å². The predicted octanol–water partition coefficient (Wildman–Crippen LogP) is 3.64. The molecule has 1 atom stereocenters. The van der Waals surface area contributed by atoms with Crippen LogP contribution >= 0.6 is 0 Å². The van der Waals surface area contributed by atoms with E-state index in [2.05, 4.69) is 6.92 Å². The van der Waals surface area contributed by atoms with E-state index in [0.29, 0.717) is 0 Å². The largest absolute Gasteiger partial charge is 0.480 e. The third-order valence-corrected chi connectivity index (χ3v) is 3.01. The molecular formula is C16H24O4. The number of rotatable bonds is 10. The fourth-order valence-corrected chi connectivity index (χ4v) is 1.97. The van der Waals surface area contributed by atoms with E-state index in [9.17, 15) is 4.79 Å². The van der Waals surface area contributed by atoms with Crippen LogP contribution < -0.4 is 4.74 Å². The van der Waals surface area contributed by atoms with Crippen molar-refractivity contribution in [3.63, 3.8) is 0 Å². The molecule has 0 saturated carbocycles. The summed E-state index contributed by atoms with van der Waals surface area (Å²) in [5.74, 6) is -0.213. The van der Waals surface area contributed by atoms with Crippen molar-refractivity contribution in [2.75, 3.05) is 6.61 Å². The van der Waals surface area contributed by atoms with Crippen molar-refractivity contribution in [1.29, 1.82) is 0 Å². The maximum absolute atomic E-state index is 10.4. The number of para-hydroxylation sites is 1. The second kappa shape index (κ2) is 9.37. The van der Waals surface area contributed by atoms with E-state index in [-0.39, 0.29) is 6.61 Å². The molecule has 0 aliphatic rings. The Morgan fingerprint density at radius 2 is 2.00 bits per heavy atom. The minimum Gasteiger partial charge on any atom is -0.480 e. The molecule has 0 spiro atoms. The quantitative estimate of drug-likeness (QED) is 0.525. The summed E-state index contributed by atoms with van der Waals surface area (Å²) >= 11 is 0. The van der Waals surface area contributed by atoms with Crippen molar-refractivity contribution < 1.29 is 19.4 Å². The van der Waals surface area contributed by atoms with Gasteiger partial charge in [0.25, 0.3) is 0 Å². The minimum absolute atomic E-state index is 0.347. The molecular weight excluding hydrogens is 256 g/mol. The first-order valence-electron chi connectivity index (χ1n) is 7.21. The molecule has 4 nitrogen and oxygen atoms in total. The van der Waals surface area contributed by atoms with Crippen LogP contribution in [0.3, 0.4) is 0 Å². The number of hydrogen-bond acceptors (Lipinski definition) is 3. The summed E-state index contributed by atoms with van der Waals surface area (Å²) in [4.78, 5) is 10.4. The van der Waals surface area contributed by atoms with E-state index >= 15 is 0 Å². The number of carboxylic acid groups (broad SMARTS) is 1. The average molecular weight is 280 g/mol.